The van der Waals surface area contributed by atoms with E-state index in [0.29, 0.717) is 16.8 Å². The summed E-state index contributed by atoms with van der Waals surface area (Å²) < 4.78 is 11.7. The van der Waals surface area contributed by atoms with Gasteiger partial charge in [-0.2, -0.15) is 0 Å². The second-order valence-electron chi connectivity index (χ2n) is 4.10. The first-order valence-electron chi connectivity index (χ1n) is 5.50. The molecule has 0 aliphatic carbocycles. The van der Waals surface area contributed by atoms with E-state index in [1.165, 1.54) is 0 Å². The molecule has 0 heterocycles. The molecule has 1 rings (SSSR count). The van der Waals surface area contributed by atoms with Gasteiger partial charge < -0.3 is 10.4 Å². The minimum Gasteiger partial charge on any atom is -0.506 e. The Labute approximate surface area is 113 Å². The van der Waals surface area contributed by atoms with E-state index in [2.05, 4.69) is 28.2 Å². The van der Waals surface area contributed by atoms with E-state index in [-0.39, 0.29) is 11.8 Å². The Balaban J connectivity index is 2.44. The molecule has 0 saturated heterocycles. The van der Waals surface area contributed by atoms with E-state index in [0.717, 1.165) is 12.0 Å². The highest BCUT2D eigenvalue weighted by Crippen LogP contribution is 2.27. The van der Waals surface area contributed by atoms with Gasteiger partial charge in [-0.15, -0.1) is 0 Å². The van der Waals surface area contributed by atoms with Crippen molar-refractivity contribution in [3.8, 4) is 5.75 Å². The molecule has 3 nitrogen and oxygen atoms in total. The number of aromatic hydroxyl groups is 1. The zero-order valence-corrected chi connectivity index (χ0v) is 12.5. The lowest BCUT2D eigenvalue weighted by Crippen LogP contribution is -2.27. The predicted octanol–water partition coefficient (Wildman–Crippen LogP) is 2.40. The average Bonchev–Trinajstić information content (AvgIpc) is 2.28. The molecule has 1 aromatic rings. The van der Waals surface area contributed by atoms with E-state index in [9.17, 15) is 9.32 Å². The molecule has 2 atom stereocenters. The Morgan fingerprint density at radius 1 is 1.53 bits per heavy atom. The Bertz CT molecular complexity index is 398. The molecule has 96 valence electrons. The second kappa shape index (κ2) is 7.13. The smallest absolute Gasteiger partial charge is 0.134 e. The van der Waals surface area contributed by atoms with E-state index >= 15 is 0 Å². The highest BCUT2D eigenvalue weighted by atomic mass is 79.9. The van der Waals surface area contributed by atoms with Crippen molar-refractivity contribution in [2.45, 2.75) is 25.9 Å². The molecule has 0 aliphatic heterocycles. The molecule has 0 aliphatic rings. The first-order chi connectivity index (χ1) is 8.00. The average molecular weight is 320 g/mol. The van der Waals surface area contributed by atoms with Crippen LogP contribution in [0.5, 0.6) is 5.75 Å². The van der Waals surface area contributed by atoms with Crippen molar-refractivity contribution in [3.05, 3.63) is 28.2 Å². The Hall–Kier alpha value is -0.390. The fourth-order valence-electron chi connectivity index (χ4n) is 1.43. The summed E-state index contributed by atoms with van der Waals surface area (Å²) in [6.07, 6.45) is 2.59. The lowest BCUT2D eigenvalue weighted by atomic mass is 10.2. The molecule has 0 saturated carbocycles. The molecule has 17 heavy (non-hydrogen) atoms. The Kier molecular flexibility index (Phi) is 6.16. The van der Waals surface area contributed by atoms with Gasteiger partial charge in [0.25, 0.3) is 0 Å². The highest BCUT2D eigenvalue weighted by molar-refractivity contribution is 9.10. The third-order valence-electron chi connectivity index (χ3n) is 2.55. The van der Waals surface area contributed by atoms with Crippen LogP contribution in [0, 0.1) is 0 Å². The number of rotatable bonds is 6. The monoisotopic (exact) mass is 319 g/mol. The van der Waals surface area contributed by atoms with Gasteiger partial charge in [0.2, 0.25) is 0 Å². The molecule has 2 unspecified atom stereocenters. The summed E-state index contributed by atoms with van der Waals surface area (Å²) in [5, 5.41) is 13.1. The van der Waals surface area contributed by atoms with Crippen molar-refractivity contribution in [2.24, 2.45) is 0 Å². The lowest BCUT2D eigenvalue weighted by Gasteiger charge is -2.14. The number of halogens is 1. The van der Waals surface area contributed by atoms with Crippen LogP contribution >= 0.6 is 15.9 Å². The number of benzene rings is 1. The molecule has 0 spiro atoms. The van der Waals surface area contributed by atoms with Gasteiger partial charge in [0.05, 0.1) is 4.47 Å². The van der Waals surface area contributed by atoms with Gasteiger partial charge >= 0.3 is 0 Å². The van der Waals surface area contributed by atoms with Gasteiger partial charge in [0.15, 0.2) is 0 Å². The maximum Gasteiger partial charge on any atom is 0.134 e. The number of phenols is 1. The summed E-state index contributed by atoms with van der Waals surface area (Å²) in [6, 6.07) is 5.88. The molecule has 0 radical (unpaired) electrons. The summed E-state index contributed by atoms with van der Waals surface area (Å²) in [6.45, 7) is 2.67. The van der Waals surface area contributed by atoms with Crippen LogP contribution in [0.3, 0.4) is 0 Å². The molecule has 0 fully saturated rings. The summed E-state index contributed by atoms with van der Waals surface area (Å²) >= 11 is 3.28. The standard InChI is InChI=1S/C12H18BrNO2S/c1-9(6-7-17(2)16)14-8-10-4-3-5-11(13)12(10)15/h3-5,9,14-15H,6-8H2,1-2H3. The highest BCUT2D eigenvalue weighted by Gasteiger charge is 2.07. The minimum atomic E-state index is -0.739. The van der Waals surface area contributed by atoms with Gasteiger partial charge in [0, 0.05) is 41.0 Å². The fraction of sp³-hybridized carbons (Fsp3) is 0.500. The predicted molar refractivity (Wildman–Crippen MR) is 75.7 cm³/mol. The third-order valence-corrected chi connectivity index (χ3v) is 4.00. The quantitative estimate of drug-likeness (QED) is 0.846. The van der Waals surface area contributed by atoms with Gasteiger partial charge in [0.1, 0.15) is 5.75 Å². The molecule has 0 bridgehead atoms. The molecule has 0 amide bonds. The van der Waals surface area contributed by atoms with E-state index < -0.39 is 10.8 Å². The van der Waals surface area contributed by atoms with E-state index in [1.807, 2.05) is 18.2 Å². The van der Waals surface area contributed by atoms with Crippen LogP contribution in [0.15, 0.2) is 22.7 Å². The van der Waals surface area contributed by atoms with Gasteiger partial charge in [-0.25, -0.2) is 0 Å². The maximum atomic E-state index is 11.0. The fourth-order valence-corrected chi connectivity index (χ4v) is 2.52. The van der Waals surface area contributed by atoms with Gasteiger partial charge in [-0.1, -0.05) is 12.1 Å². The van der Waals surface area contributed by atoms with Gasteiger partial charge in [-0.05, 0) is 35.3 Å². The maximum absolute atomic E-state index is 11.0. The zero-order valence-electron chi connectivity index (χ0n) is 10.1. The minimum absolute atomic E-state index is 0.284. The van der Waals surface area contributed by atoms with Crippen LogP contribution in [-0.2, 0) is 17.3 Å². The number of phenolic OH excluding ortho intramolecular Hbond substituents is 1. The number of nitrogens with one attached hydrogen (secondary N) is 1. The van der Waals surface area contributed by atoms with Crippen molar-refractivity contribution in [3.63, 3.8) is 0 Å². The summed E-state index contributed by atoms with van der Waals surface area (Å²) in [7, 11) is -0.739. The van der Waals surface area contributed by atoms with Crippen molar-refractivity contribution in [2.75, 3.05) is 12.0 Å². The van der Waals surface area contributed by atoms with Crippen LogP contribution in [0.2, 0.25) is 0 Å². The Morgan fingerprint density at radius 2 is 2.24 bits per heavy atom. The van der Waals surface area contributed by atoms with Crippen molar-refractivity contribution >= 4 is 26.7 Å². The zero-order chi connectivity index (χ0) is 12.8. The van der Waals surface area contributed by atoms with Crippen molar-refractivity contribution < 1.29 is 9.32 Å². The van der Waals surface area contributed by atoms with Crippen molar-refractivity contribution in [1.29, 1.82) is 0 Å². The second-order valence-corrected chi connectivity index (χ2v) is 6.50. The topological polar surface area (TPSA) is 49.3 Å². The summed E-state index contributed by atoms with van der Waals surface area (Å²) in [5.41, 5.74) is 0.865. The van der Waals surface area contributed by atoms with Crippen LogP contribution < -0.4 is 5.32 Å². The summed E-state index contributed by atoms with van der Waals surface area (Å²) in [4.78, 5) is 0. The third kappa shape index (κ3) is 5.19. The largest absolute Gasteiger partial charge is 0.506 e. The molecular formula is C12H18BrNO2S. The summed E-state index contributed by atoms with van der Waals surface area (Å²) in [5.74, 6) is 0.991. The normalized spacial score (nSPS) is 14.5. The van der Waals surface area contributed by atoms with Crippen LogP contribution in [0.4, 0.5) is 0 Å². The number of para-hydroxylation sites is 1. The van der Waals surface area contributed by atoms with E-state index in [1.54, 1.807) is 6.26 Å². The molecule has 5 heteroatoms. The van der Waals surface area contributed by atoms with E-state index in [4.69, 9.17) is 0 Å². The first kappa shape index (κ1) is 14.7. The molecule has 0 aromatic heterocycles. The van der Waals surface area contributed by atoms with Crippen LogP contribution in [0.1, 0.15) is 18.9 Å². The first-order valence-corrected chi connectivity index (χ1v) is 8.02. The molecule has 2 N–H and O–H groups in total. The number of hydrogen-bond acceptors (Lipinski definition) is 3. The van der Waals surface area contributed by atoms with Crippen LogP contribution in [-0.4, -0.2) is 27.4 Å². The number of hydrogen-bond donors (Lipinski definition) is 2. The van der Waals surface area contributed by atoms with Crippen LogP contribution in [0.25, 0.3) is 0 Å². The SMILES string of the molecule is CC(CCS(C)=O)NCc1cccc(Br)c1O. The van der Waals surface area contributed by atoms with Crippen molar-refractivity contribution in [1.82, 2.24) is 5.32 Å². The molecule has 1 aromatic carbocycles. The molecular weight excluding hydrogens is 302 g/mol. The Morgan fingerprint density at radius 3 is 2.88 bits per heavy atom. The lowest BCUT2D eigenvalue weighted by molar-refractivity contribution is 0.454. The van der Waals surface area contributed by atoms with Gasteiger partial charge in [-0.3, -0.25) is 4.21 Å².